The standard InChI is InChI=1S/C20H18N2O5/c23-19(14-12-18(27-22-14)15-5-4-10-24-15)21-13-6-7-16-17(11-13)26-20(25-16)8-2-1-3-9-20/h4-7,10-12H,1-3,8-9H2,(H,21,23). The first-order chi connectivity index (χ1) is 13.2. The average molecular weight is 366 g/mol. The molecule has 3 heterocycles. The van der Waals surface area contributed by atoms with E-state index in [4.69, 9.17) is 18.4 Å². The number of anilines is 1. The summed E-state index contributed by atoms with van der Waals surface area (Å²) in [6.07, 6.45) is 6.71. The van der Waals surface area contributed by atoms with Crippen LogP contribution >= 0.6 is 0 Å². The van der Waals surface area contributed by atoms with Gasteiger partial charge in [-0.15, -0.1) is 0 Å². The van der Waals surface area contributed by atoms with E-state index in [2.05, 4.69) is 10.5 Å². The van der Waals surface area contributed by atoms with Gasteiger partial charge < -0.3 is 23.7 Å². The van der Waals surface area contributed by atoms with Gasteiger partial charge in [-0.2, -0.15) is 0 Å². The van der Waals surface area contributed by atoms with Crippen LogP contribution in [-0.2, 0) is 0 Å². The lowest BCUT2D eigenvalue weighted by molar-refractivity contribution is -0.105. The number of rotatable bonds is 3. The fourth-order valence-corrected chi connectivity index (χ4v) is 3.58. The largest absolute Gasteiger partial charge is 0.461 e. The molecule has 7 heteroatoms. The van der Waals surface area contributed by atoms with Crippen molar-refractivity contribution in [2.75, 3.05) is 5.32 Å². The number of benzene rings is 1. The van der Waals surface area contributed by atoms with Gasteiger partial charge in [0.1, 0.15) is 0 Å². The molecule has 1 amide bonds. The van der Waals surface area contributed by atoms with Gasteiger partial charge in [0.05, 0.1) is 6.26 Å². The van der Waals surface area contributed by atoms with Gasteiger partial charge in [0.15, 0.2) is 23.0 Å². The molecule has 1 aromatic carbocycles. The second-order valence-corrected chi connectivity index (χ2v) is 6.84. The predicted molar refractivity (Wildman–Crippen MR) is 95.7 cm³/mol. The van der Waals surface area contributed by atoms with E-state index >= 15 is 0 Å². The molecule has 1 spiro atoms. The molecular weight excluding hydrogens is 348 g/mol. The van der Waals surface area contributed by atoms with Crippen molar-refractivity contribution in [2.45, 2.75) is 37.9 Å². The fraction of sp³-hybridized carbons (Fsp3) is 0.300. The molecule has 1 N–H and O–H groups in total. The second kappa shape index (κ2) is 6.19. The summed E-state index contributed by atoms with van der Waals surface area (Å²) in [6.45, 7) is 0. The first kappa shape index (κ1) is 16.0. The number of amides is 1. The maximum atomic E-state index is 12.5. The van der Waals surface area contributed by atoms with E-state index < -0.39 is 5.79 Å². The van der Waals surface area contributed by atoms with Crippen LogP contribution in [0.4, 0.5) is 5.69 Å². The number of furan rings is 1. The first-order valence-corrected chi connectivity index (χ1v) is 9.05. The highest BCUT2D eigenvalue weighted by molar-refractivity contribution is 6.03. The molecular formula is C20H18N2O5. The molecule has 0 atom stereocenters. The smallest absolute Gasteiger partial charge is 0.277 e. The molecule has 138 valence electrons. The molecule has 3 aromatic rings. The molecule has 0 saturated heterocycles. The van der Waals surface area contributed by atoms with E-state index in [0.29, 0.717) is 23.0 Å². The maximum Gasteiger partial charge on any atom is 0.277 e. The molecule has 0 unspecified atom stereocenters. The minimum Gasteiger partial charge on any atom is -0.461 e. The van der Waals surface area contributed by atoms with Crippen LogP contribution in [0.25, 0.3) is 11.5 Å². The molecule has 1 saturated carbocycles. The van der Waals surface area contributed by atoms with Crippen molar-refractivity contribution < 1.29 is 23.2 Å². The first-order valence-electron chi connectivity index (χ1n) is 9.05. The van der Waals surface area contributed by atoms with Crippen molar-refractivity contribution >= 4 is 11.6 Å². The second-order valence-electron chi connectivity index (χ2n) is 6.84. The van der Waals surface area contributed by atoms with Gasteiger partial charge in [0.25, 0.3) is 11.7 Å². The number of aromatic nitrogens is 1. The molecule has 2 aromatic heterocycles. The SMILES string of the molecule is O=C(Nc1ccc2c(c1)OC1(CCCCC1)O2)c1cc(-c2ccco2)on1. The van der Waals surface area contributed by atoms with E-state index in [1.165, 1.54) is 18.8 Å². The Labute approximate surface area is 155 Å². The molecule has 5 rings (SSSR count). The molecule has 0 radical (unpaired) electrons. The molecule has 7 nitrogen and oxygen atoms in total. The zero-order chi connectivity index (χ0) is 18.3. The number of nitrogens with one attached hydrogen (secondary N) is 1. The number of fused-ring (bicyclic) bond motifs is 1. The van der Waals surface area contributed by atoms with Crippen molar-refractivity contribution in [3.05, 3.63) is 48.4 Å². The van der Waals surface area contributed by atoms with Gasteiger partial charge in [0.2, 0.25) is 5.76 Å². The van der Waals surface area contributed by atoms with Crippen molar-refractivity contribution in [3.63, 3.8) is 0 Å². The lowest BCUT2D eigenvalue weighted by atomic mass is 9.94. The monoisotopic (exact) mass is 366 g/mol. The third-order valence-corrected chi connectivity index (χ3v) is 4.92. The van der Waals surface area contributed by atoms with Crippen molar-refractivity contribution in [3.8, 4) is 23.0 Å². The number of nitrogens with zero attached hydrogens (tertiary/aromatic N) is 1. The highest BCUT2D eigenvalue weighted by atomic mass is 16.7. The van der Waals surface area contributed by atoms with Crippen LogP contribution < -0.4 is 14.8 Å². The fourth-order valence-electron chi connectivity index (χ4n) is 3.58. The minimum absolute atomic E-state index is 0.169. The van der Waals surface area contributed by atoms with Crippen LogP contribution in [0.2, 0.25) is 0 Å². The summed E-state index contributed by atoms with van der Waals surface area (Å²) in [4.78, 5) is 12.5. The van der Waals surface area contributed by atoms with Gasteiger partial charge in [-0.25, -0.2) is 0 Å². The van der Waals surface area contributed by atoms with Crippen LogP contribution in [0, 0.1) is 0 Å². The zero-order valence-corrected chi connectivity index (χ0v) is 14.6. The molecule has 27 heavy (non-hydrogen) atoms. The van der Waals surface area contributed by atoms with Gasteiger partial charge >= 0.3 is 0 Å². The van der Waals surface area contributed by atoms with Crippen LogP contribution in [0.15, 0.2) is 51.6 Å². The number of carbonyl (C=O) groups is 1. The van der Waals surface area contributed by atoms with E-state index in [9.17, 15) is 4.79 Å². The van der Waals surface area contributed by atoms with Gasteiger partial charge in [-0.3, -0.25) is 4.79 Å². The minimum atomic E-state index is -0.534. The van der Waals surface area contributed by atoms with E-state index in [0.717, 1.165) is 31.4 Å². The topological polar surface area (TPSA) is 86.7 Å². The van der Waals surface area contributed by atoms with E-state index in [-0.39, 0.29) is 11.6 Å². The summed E-state index contributed by atoms with van der Waals surface area (Å²) in [5, 5.41) is 6.62. The number of hydrogen-bond acceptors (Lipinski definition) is 6. The molecule has 2 aliphatic rings. The molecule has 1 aliphatic carbocycles. The third-order valence-electron chi connectivity index (χ3n) is 4.92. The van der Waals surface area contributed by atoms with Gasteiger partial charge in [-0.05, 0) is 37.1 Å². The van der Waals surface area contributed by atoms with Crippen LogP contribution in [0.5, 0.6) is 11.5 Å². The molecule has 1 fully saturated rings. The van der Waals surface area contributed by atoms with Crippen LogP contribution in [-0.4, -0.2) is 16.9 Å². The number of ether oxygens (including phenoxy) is 2. The van der Waals surface area contributed by atoms with Gasteiger partial charge in [0, 0.05) is 30.7 Å². The lowest BCUT2D eigenvalue weighted by Gasteiger charge is -2.31. The van der Waals surface area contributed by atoms with E-state index in [1.807, 2.05) is 6.07 Å². The lowest BCUT2D eigenvalue weighted by Crippen LogP contribution is -2.40. The van der Waals surface area contributed by atoms with Crippen molar-refractivity contribution in [1.29, 1.82) is 0 Å². The van der Waals surface area contributed by atoms with Crippen LogP contribution in [0.3, 0.4) is 0 Å². The summed E-state index contributed by atoms with van der Waals surface area (Å²) >= 11 is 0. The third kappa shape index (κ3) is 2.95. The van der Waals surface area contributed by atoms with Crippen LogP contribution in [0.1, 0.15) is 42.6 Å². The summed E-state index contributed by atoms with van der Waals surface area (Å²) < 4.78 is 22.6. The summed E-state index contributed by atoms with van der Waals surface area (Å²) in [7, 11) is 0. The van der Waals surface area contributed by atoms with Crippen molar-refractivity contribution in [1.82, 2.24) is 5.16 Å². The Morgan fingerprint density at radius 1 is 1.00 bits per heavy atom. The summed E-state index contributed by atoms with van der Waals surface area (Å²) in [5.74, 6) is 1.38. The summed E-state index contributed by atoms with van der Waals surface area (Å²) in [5.41, 5.74) is 0.778. The average Bonchev–Trinajstić information content (AvgIpc) is 3.41. The zero-order valence-electron chi connectivity index (χ0n) is 14.6. The van der Waals surface area contributed by atoms with E-state index in [1.54, 1.807) is 24.3 Å². The normalized spacial score (nSPS) is 17.2. The number of carbonyl (C=O) groups excluding carboxylic acids is 1. The van der Waals surface area contributed by atoms with Gasteiger partial charge in [-0.1, -0.05) is 11.6 Å². The highest BCUT2D eigenvalue weighted by Gasteiger charge is 2.42. The molecule has 1 aliphatic heterocycles. The number of hydrogen-bond donors (Lipinski definition) is 1. The Balaban J connectivity index is 1.31. The summed E-state index contributed by atoms with van der Waals surface area (Å²) in [6, 6.07) is 10.4. The Kier molecular flexibility index (Phi) is 3.67. The quantitative estimate of drug-likeness (QED) is 0.728. The highest BCUT2D eigenvalue weighted by Crippen LogP contribution is 2.46. The molecule has 0 bridgehead atoms. The maximum absolute atomic E-state index is 12.5. The van der Waals surface area contributed by atoms with Crippen molar-refractivity contribution in [2.24, 2.45) is 0 Å². The Hall–Kier alpha value is -3.22. The Morgan fingerprint density at radius 3 is 2.67 bits per heavy atom. The Morgan fingerprint density at radius 2 is 1.85 bits per heavy atom. The predicted octanol–water partition coefficient (Wildman–Crippen LogP) is 4.62. The Bertz CT molecular complexity index is 970.